The minimum absolute atomic E-state index is 0.0952. The second-order valence-electron chi connectivity index (χ2n) is 6.09. The van der Waals surface area contributed by atoms with E-state index in [4.69, 9.17) is 0 Å². The van der Waals surface area contributed by atoms with Gasteiger partial charge in [-0.15, -0.1) is 0 Å². The van der Waals surface area contributed by atoms with Crippen molar-refractivity contribution in [3.05, 3.63) is 30.1 Å². The van der Waals surface area contributed by atoms with Crippen molar-refractivity contribution < 1.29 is 14.3 Å². The zero-order valence-electron chi connectivity index (χ0n) is 13.6. The number of benzene rings is 1. The van der Waals surface area contributed by atoms with E-state index in [9.17, 15) is 14.3 Å². The Hall–Kier alpha value is -1.46. The van der Waals surface area contributed by atoms with Crippen molar-refractivity contribution in [1.29, 1.82) is 0 Å². The molecule has 0 saturated carbocycles. The summed E-state index contributed by atoms with van der Waals surface area (Å²) in [6.07, 6.45) is 1.94. The third-order valence-corrected chi connectivity index (χ3v) is 4.71. The molecular formula is C17H25FN2O2. The van der Waals surface area contributed by atoms with Gasteiger partial charge in [0.1, 0.15) is 5.82 Å². The number of hydrogen-bond donors (Lipinski definition) is 1. The van der Waals surface area contributed by atoms with Crippen LogP contribution in [0.1, 0.15) is 33.1 Å². The van der Waals surface area contributed by atoms with Crippen LogP contribution in [0, 0.1) is 5.82 Å². The molecule has 0 radical (unpaired) electrons. The van der Waals surface area contributed by atoms with Gasteiger partial charge in [0, 0.05) is 13.1 Å². The van der Waals surface area contributed by atoms with Crippen LogP contribution < -0.4 is 4.90 Å². The van der Waals surface area contributed by atoms with Crippen LogP contribution in [0.2, 0.25) is 0 Å². The Balaban J connectivity index is 2.10. The van der Waals surface area contributed by atoms with Crippen molar-refractivity contribution in [1.82, 2.24) is 4.90 Å². The number of amides is 1. The van der Waals surface area contributed by atoms with Crippen LogP contribution in [0.3, 0.4) is 0 Å². The van der Waals surface area contributed by atoms with Gasteiger partial charge >= 0.3 is 0 Å². The standard InChI is InChI=1S/C17H25FN2O2/c1-4-17(22,5-2)12-19(3)15-10-11-20(16(15)21)14-9-7-6-8-13(14)18/h6-9,15,22H,4-5,10-12H2,1-3H3. The lowest BCUT2D eigenvalue weighted by Gasteiger charge is -2.33. The second kappa shape index (κ2) is 6.75. The maximum absolute atomic E-state index is 13.9. The lowest BCUT2D eigenvalue weighted by atomic mass is 9.96. The summed E-state index contributed by atoms with van der Waals surface area (Å²) in [6, 6.07) is 6.04. The monoisotopic (exact) mass is 308 g/mol. The Bertz CT molecular complexity index is 531. The van der Waals surface area contributed by atoms with E-state index in [-0.39, 0.29) is 17.8 Å². The van der Waals surface area contributed by atoms with Crippen molar-refractivity contribution >= 4 is 11.6 Å². The number of carbonyl (C=O) groups is 1. The number of rotatable bonds is 6. The largest absolute Gasteiger partial charge is 0.389 e. The molecule has 0 bridgehead atoms. The van der Waals surface area contributed by atoms with E-state index in [2.05, 4.69) is 0 Å². The van der Waals surface area contributed by atoms with Gasteiger partial charge in [-0.25, -0.2) is 4.39 Å². The van der Waals surface area contributed by atoms with E-state index < -0.39 is 5.60 Å². The normalized spacial score (nSPS) is 19.3. The Morgan fingerprint density at radius 1 is 1.36 bits per heavy atom. The van der Waals surface area contributed by atoms with Gasteiger partial charge in [0.05, 0.1) is 17.3 Å². The van der Waals surface area contributed by atoms with Crippen LogP contribution in [0.25, 0.3) is 0 Å². The number of nitrogens with zero attached hydrogens (tertiary/aromatic N) is 2. The van der Waals surface area contributed by atoms with Gasteiger partial charge in [0.15, 0.2) is 0 Å². The molecule has 1 heterocycles. The number of likely N-dealkylation sites (N-methyl/N-ethyl adjacent to an activating group) is 1. The van der Waals surface area contributed by atoms with E-state index in [1.807, 2.05) is 25.8 Å². The van der Waals surface area contributed by atoms with Crippen molar-refractivity contribution in [3.63, 3.8) is 0 Å². The first-order valence-corrected chi connectivity index (χ1v) is 7.90. The van der Waals surface area contributed by atoms with E-state index in [1.54, 1.807) is 18.2 Å². The highest BCUT2D eigenvalue weighted by molar-refractivity contribution is 5.99. The number of hydrogen-bond acceptors (Lipinski definition) is 3. The van der Waals surface area contributed by atoms with E-state index in [0.717, 1.165) is 0 Å². The molecule has 2 rings (SSSR count). The van der Waals surface area contributed by atoms with Crippen molar-refractivity contribution in [3.8, 4) is 0 Å². The van der Waals surface area contributed by atoms with Crippen molar-refractivity contribution in [2.24, 2.45) is 0 Å². The topological polar surface area (TPSA) is 43.8 Å². The minimum atomic E-state index is -0.777. The molecule has 22 heavy (non-hydrogen) atoms. The molecule has 0 spiro atoms. The molecule has 0 aliphatic carbocycles. The number of aliphatic hydroxyl groups is 1. The maximum atomic E-state index is 13.9. The molecular weight excluding hydrogens is 283 g/mol. The molecule has 4 nitrogen and oxygen atoms in total. The van der Waals surface area contributed by atoms with Crippen LogP contribution in [0.5, 0.6) is 0 Å². The molecule has 1 aromatic rings. The number of para-hydroxylation sites is 1. The summed E-state index contributed by atoms with van der Waals surface area (Å²) < 4.78 is 13.9. The zero-order chi connectivity index (χ0) is 16.3. The fourth-order valence-electron chi connectivity index (χ4n) is 3.03. The molecule has 1 atom stereocenters. The highest BCUT2D eigenvalue weighted by Crippen LogP contribution is 2.27. The summed E-state index contributed by atoms with van der Waals surface area (Å²) >= 11 is 0. The molecule has 1 saturated heterocycles. The molecule has 1 aromatic carbocycles. The van der Waals surface area contributed by atoms with Crippen LogP contribution in [0.15, 0.2) is 24.3 Å². The Kier molecular flexibility index (Phi) is 5.19. The first kappa shape index (κ1) is 16.9. The zero-order valence-corrected chi connectivity index (χ0v) is 13.6. The third-order valence-electron chi connectivity index (χ3n) is 4.71. The lowest BCUT2D eigenvalue weighted by molar-refractivity contribution is -0.122. The van der Waals surface area contributed by atoms with Gasteiger partial charge in [-0.1, -0.05) is 26.0 Å². The fraction of sp³-hybridized carbons (Fsp3) is 0.588. The summed E-state index contributed by atoms with van der Waals surface area (Å²) in [6.45, 7) is 4.84. The predicted molar refractivity (Wildman–Crippen MR) is 85.3 cm³/mol. The molecule has 5 heteroatoms. The van der Waals surface area contributed by atoms with Gasteiger partial charge in [-0.2, -0.15) is 0 Å². The highest BCUT2D eigenvalue weighted by Gasteiger charge is 2.38. The number of halogens is 1. The molecule has 0 aromatic heterocycles. The van der Waals surface area contributed by atoms with Crippen LogP contribution >= 0.6 is 0 Å². The third kappa shape index (κ3) is 3.31. The summed E-state index contributed by atoms with van der Waals surface area (Å²) in [5.41, 5.74) is -0.440. The SMILES string of the molecule is CCC(O)(CC)CN(C)C1CCN(c2ccccc2F)C1=O. The molecule has 1 unspecified atom stereocenters. The number of carbonyl (C=O) groups excluding carboxylic acids is 1. The molecule has 1 aliphatic rings. The van der Waals surface area contributed by atoms with E-state index in [0.29, 0.717) is 38.0 Å². The van der Waals surface area contributed by atoms with Gasteiger partial charge < -0.3 is 10.0 Å². The molecule has 1 amide bonds. The lowest BCUT2D eigenvalue weighted by Crippen LogP contribution is -2.47. The van der Waals surface area contributed by atoms with Crippen molar-refractivity contribution in [2.45, 2.75) is 44.8 Å². The minimum Gasteiger partial charge on any atom is -0.389 e. The van der Waals surface area contributed by atoms with Gasteiger partial charge in [0.25, 0.3) is 0 Å². The highest BCUT2D eigenvalue weighted by atomic mass is 19.1. The smallest absolute Gasteiger partial charge is 0.244 e. The maximum Gasteiger partial charge on any atom is 0.244 e. The average Bonchev–Trinajstić information content (AvgIpc) is 2.89. The van der Waals surface area contributed by atoms with E-state index in [1.165, 1.54) is 11.0 Å². The summed E-state index contributed by atoms with van der Waals surface area (Å²) in [4.78, 5) is 16.0. The molecule has 1 aliphatic heterocycles. The fourth-order valence-corrected chi connectivity index (χ4v) is 3.03. The Labute approximate surface area is 131 Å². The van der Waals surface area contributed by atoms with Gasteiger partial charge in [0.2, 0.25) is 5.91 Å². The van der Waals surface area contributed by atoms with Crippen molar-refractivity contribution in [2.75, 3.05) is 25.0 Å². The summed E-state index contributed by atoms with van der Waals surface area (Å²) in [5, 5.41) is 10.4. The summed E-state index contributed by atoms with van der Waals surface area (Å²) in [5.74, 6) is -0.472. The Morgan fingerprint density at radius 2 is 2.00 bits per heavy atom. The Morgan fingerprint density at radius 3 is 2.59 bits per heavy atom. The number of anilines is 1. The second-order valence-corrected chi connectivity index (χ2v) is 6.09. The molecule has 1 N–H and O–H groups in total. The quantitative estimate of drug-likeness (QED) is 0.878. The first-order chi connectivity index (χ1) is 10.4. The van der Waals surface area contributed by atoms with E-state index >= 15 is 0 Å². The van der Waals surface area contributed by atoms with Gasteiger partial charge in [-0.3, -0.25) is 9.69 Å². The predicted octanol–water partition coefficient (Wildman–Crippen LogP) is 2.41. The van der Waals surface area contributed by atoms with Crippen LogP contribution in [-0.4, -0.2) is 47.7 Å². The summed E-state index contributed by atoms with van der Waals surface area (Å²) in [7, 11) is 1.85. The molecule has 122 valence electrons. The first-order valence-electron chi connectivity index (χ1n) is 7.90. The van der Waals surface area contributed by atoms with Crippen LogP contribution in [0.4, 0.5) is 10.1 Å². The molecule has 1 fully saturated rings. The van der Waals surface area contributed by atoms with Gasteiger partial charge in [-0.05, 0) is 38.4 Å². The van der Waals surface area contributed by atoms with Crippen LogP contribution in [-0.2, 0) is 4.79 Å². The average molecular weight is 308 g/mol.